The van der Waals surface area contributed by atoms with E-state index in [1.54, 1.807) is 13.8 Å². The van der Waals surface area contributed by atoms with Crippen molar-refractivity contribution in [3.05, 3.63) is 0 Å². The lowest BCUT2D eigenvalue weighted by Gasteiger charge is -2.26. The first-order valence-electron chi connectivity index (χ1n) is 9.24. The van der Waals surface area contributed by atoms with Crippen molar-refractivity contribution in [3.63, 3.8) is 0 Å². The van der Waals surface area contributed by atoms with Crippen molar-refractivity contribution in [2.45, 2.75) is 57.3 Å². The molecule has 0 radical (unpaired) electrons. The summed E-state index contributed by atoms with van der Waals surface area (Å²) in [5, 5.41) is 33.5. The van der Waals surface area contributed by atoms with Crippen LogP contribution in [0.1, 0.15) is 33.1 Å². The number of amides is 3. The Labute approximate surface area is 183 Å². The Kier molecular flexibility index (Phi) is 12.2. The molecule has 0 aromatic carbocycles. The van der Waals surface area contributed by atoms with Crippen molar-refractivity contribution in [2.24, 2.45) is 11.7 Å². The van der Waals surface area contributed by atoms with Crippen LogP contribution in [0.3, 0.4) is 0 Å². The molecule has 3 amide bonds. The summed E-state index contributed by atoms with van der Waals surface area (Å²) >= 11 is 3.85. The summed E-state index contributed by atoms with van der Waals surface area (Å²) in [6.45, 7) is 3.08. The molecule has 0 rings (SSSR count). The fourth-order valence-electron chi connectivity index (χ4n) is 2.32. The van der Waals surface area contributed by atoms with E-state index in [9.17, 15) is 33.9 Å². The Bertz CT molecular complexity index is 701. The summed E-state index contributed by atoms with van der Waals surface area (Å²) < 4.78 is 0. The van der Waals surface area contributed by atoms with Crippen LogP contribution in [0.4, 0.5) is 0 Å². The smallest absolute Gasteiger partial charge is 0.326 e. The summed E-state index contributed by atoms with van der Waals surface area (Å²) in [6.07, 6.45) is -1.68. The van der Waals surface area contributed by atoms with Gasteiger partial charge in [-0.25, -0.2) is 4.79 Å². The lowest BCUT2D eigenvalue weighted by molar-refractivity contribution is -0.144. The number of carbonyl (C=O) groups excluding carboxylic acids is 3. The summed E-state index contributed by atoms with van der Waals surface area (Å²) in [5.41, 5.74) is 5.50. The molecule has 0 fully saturated rings. The van der Waals surface area contributed by atoms with Crippen LogP contribution in [0, 0.1) is 5.92 Å². The molecule has 0 heterocycles. The molecular weight excluding hydrogens is 436 g/mol. The van der Waals surface area contributed by atoms with Gasteiger partial charge in [0, 0.05) is 12.2 Å². The first kappa shape index (κ1) is 28.1. The van der Waals surface area contributed by atoms with Gasteiger partial charge in [0.1, 0.15) is 18.1 Å². The average Bonchev–Trinajstić information content (AvgIpc) is 2.66. The topological polar surface area (TPSA) is 225 Å². The van der Waals surface area contributed by atoms with Crippen molar-refractivity contribution in [1.29, 1.82) is 0 Å². The van der Waals surface area contributed by atoms with Crippen LogP contribution in [-0.2, 0) is 28.8 Å². The van der Waals surface area contributed by atoms with Gasteiger partial charge in [-0.2, -0.15) is 12.6 Å². The molecule has 0 aliphatic carbocycles. The molecule has 4 atom stereocenters. The number of hydrogen-bond acceptors (Lipinski definition) is 8. The molecule has 0 saturated carbocycles. The Morgan fingerprint density at radius 3 is 1.81 bits per heavy atom. The third-order valence-corrected chi connectivity index (χ3v) is 4.45. The summed E-state index contributed by atoms with van der Waals surface area (Å²) in [7, 11) is 0. The Morgan fingerprint density at radius 1 is 0.839 bits per heavy atom. The van der Waals surface area contributed by atoms with E-state index in [0.29, 0.717) is 0 Å². The summed E-state index contributed by atoms with van der Waals surface area (Å²) in [6, 6.07) is -5.44. The Hall–Kier alpha value is -2.87. The predicted octanol–water partition coefficient (Wildman–Crippen LogP) is -2.22. The highest BCUT2D eigenvalue weighted by molar-refractivity contribution is 7.80. The third-order valence-electron chi connectivity index (χ3n) is 4.05. The van der Waals surface area contributed by atoms with Crippen molar-refractivity contribution >= 4 is 48.3 Å². The quantitative estimate of drug-likeness (QED) is 0.129. The summed E-state index contributed by atoms with van der Waals surface area (Å²) in [5.74, 6) is -7.44. The van der Waals surface area contributed by atoms with Gasteiger partial charge in [0.05, 0.1) is 12.5 Å². The molecular formula is C17H28N4O9S. The number of carboxylic acids is 3. The normalized spacial score (nSPS) is 14.6. The maximum absolute atomic E-state index is 12.6. The number of nitrogens with one attached hydrogen (secondary N) is 3. The molecule has 13 nitrogen and oxygen atoms in total. The van der Waals surface area contributed by atoms with Crippen LogP contribution >= 0.6 is 12.6 Å². The molecule has 176 valence electrons. The number of nitrogens with two attached hydrogens (primary N) is 1. The van der Waals surface area contributed by atoms with E-state index in [-0.39, 0.29) is 12.2 Å². The molecule has 8 N–H and O–H groups in total. The van der Waals surface area contributed by atoms with E-state index in [1.165, 1.54) is 0 Å². The lowest BCUT2D eigenvalue weighted by atomic mass is 10.0. The molecule has 31 heavy (non-hydrogen) atoms. The maximum atomic E-state index is 12.6. The van der Waals surface area contributed by atoms with Crippen LogP contribution in [0.2, 0.25) is 0 Å². The Morgan fingerprint density at radius 2 is 1.39 bits per heavy atom. The van der Waals surface area contributed by atoms with Gasteiger partial charge < -0.3 is 37.0 Å². The van der Waals surface area contributed by atoms with Gasteiger partial charge in [-0.05, 0) is 12.3 Å². The minimum atomic E-state index is -1.55. The zero-order valence-corrected chi connectivity index (χ0v) is 17.9. The zero-order chi connectivity index (χ0) is 24.3. The fraction of sp³-hybridized carbons (Fsp3) is 0.647. The first-order chi connectivity index (χ1) is 14.3. The molecule has 0 aliphatic heterocycles. The average molecular weight is 464 g/mol. The second kappa shape index (κ2) is 13.4. The lowest BCUT2D eigenvalue weighted by Crippen LogP contribution is -2.58. The number of carboxylic acid groups (broad SMARTS) is 3. The van der Waals surface area contributed by atoms with Gasteiger partial charge in [0.2, 0.25) is 17.7 Å². The minimum Gasteiger partial charge on any atom is -0.481 e. The highest BCUT2D eigenvalue weighted by Crippen LogP contribution is 2.06. The third kappa shape index (κ3) is 10.6. The van der Waals surface area contributed by atoms with Crippen LogP contribution in [-0.4, -0.2) is 80.9 Å². The SMILES string of the molecule is CC(C)C(NC(=O)C(CC(=O)O)NC(=O)C(N)CS)C(=O)NC(CCC(=O)O)C(=O)O. The monoisotopic (exact) mass is 464 g/mol. The molecule has 0 aromatic heterocycles. The van der Waals surface area contributed by atoms with E-state index in [4.69, 9.17) is 15.9 Å². The van der Waals surface area contributed by atoms with Gasteiger partial charge >= 0.3 is 17.9 Å². The molecule has 0 saturated heterocycles. The van der Waals surface area contributed by atoms with E-state index < -0.39 is 78.6 Å². The van der Waals surface area contributed by atoms with Gasteiger partial charge in [-0.15, -0.1) is 0 Å². The van der Waals surface area contributed by atoms with Gasteiger partial charge in [0.15, 0.2) is 0 Å². The number of aliphatic carboxylic acids is 3. The molecule has 4 unspecified atom stereocenters. The Balaban J connectivity index is 5.40. The molecule has 0 aromatic rings. The van der Waals surface area contributed by atoms with E-state index in [2.05, 4.69) is 28.6 Å². The maximum Gasteiger partial charge on any atom is 0.326 e. The molecule has 0 bridgehead atoms. The zero-order valence-electron chi connectivity index (χ0n) is 17.0. The van der Waals surface area contributed by atoms with E-state index in [0.717, 1.165) is 0 Å². The van der Waals surface area contributed by atoms with E-state index >= 15 is 0 Å². The number of rotatable bonds is 14. The van der Waals surface area contributed by atoms with Crippen LogP contribution in [0.5, 0.6) is 0 Å². The van der Waals surface area contributed by atoms with Gasteiger partial charge in [-0.3, -0.25) is 24.0 Å². The van der Waals surface area contributed by atoms with Gasteiger partial charge in [-0.1, -0.05) is 13.8 Å². The van der Waals surface area contributed by atoms with Crippen molar-refractivity contribution < 1.29 is 44.1 Å². The largest absolute Gasteiger partial charge is 0.481 e. The number of hydrogen-bond donors (Lipinski definition) is 8. The molecule has 0 aliphatic rings. The van der Waals surface area contributed by atoms with Crippen molar-refractivity contribution in [1.82, 2.24) is 16.0 Å². The van der Waals surface area contributed by atoms with E-state index in [1.807, 2.05) is 0 Å². The highest BCUT2D eigenvalue weighted by Gasteiger charge is 2.32. The minimum absolute atomic E-state index is 0.0583. The molecule has 14 heteroatoms. The molecule has 0 spiro atoms. The summed E-state index contributed by atoms with van der Waals surface area (Å²) in [4.78, 5) is 70.0. The highest BCUT2D eigenvalue weighted by atomic mass is 32.1. The first-order valence-corrected chi connectivity index (χ1v) is 9.87. The number of carbonyl (C=O) groups is 6. The van der Waals surface area contributed by atoms with Crippen LogP contribution in [0.25, 0.3) is 0 Å². The van der Waals surface area contributed by atoms with Crippen molar-refractivity contribution in [2.75, 3.05) is 5.75 Å². The fourth-order valence-corrected chi connectivity index (χ4v) is 2.49. The number of thiol groups is 1. The standard InChI is InChI=1S/C17H28N4O9S/c1-7(2)13(16(28)19-9(17(29)30)3-4-11(22)23)21-15(27)10(5-12(24)25)20-14(26)8(18)6-31/h7-10,13,31H,3-6,18H2,1-2H3,(H,19,28)(H,20,26)(H,21,27)(H,22,23)(H,24,25)(H,29,30). The predicted molar refractivity (Wildman–Crippen MR) is 109 cm³/mol. The van der Waals surface area contributed by atoms with Crippen molar-refractivity contribution in [3.8, 4) is 0 Å². The second-order valence-corrected chi connectivity index (χ2v) is 7.38. The van der Waals surface area contributed by atoms with Crippen LogP contribution in [0.15, 0.2) is 0 Å². The van der Waals surface area contributed by atoms with Gasteiger partial charge in [0.25, 0.3) is 0 Å². The second-order valence-electron chi connectivity index (χ2n) is 7.01. The van der Waals surface area contributed by atoms with Crippen LogP contribution < -0.4 is 21.7 Å².